The van der Waals surface area contributed by atoms with Crippen molar-refractivity contribution >= 4 is 51.9 Å². The minimum absolute atomic E-state index is 0.109. The summed E-state index contributed by atoms with van der Waals surface area (Å²) in [5.41, 5.74) is 2.78. The summed E-state index contributed by atoms with van der Waals surface area (Å²) in [5.74, 6) is 1.04. The fourth-order valence-corrected chi connectivity index (χ4v) is 4.41. The van der Waals surface area contributed by atoms with E-state index in [0.29, 0.717) is 39.4 Å². The van der Waals surface area contributed by atoms with Crippen LogP contribution in [-0.4, -0.2) is 34.4 Å². The van der Waals surface area contributed by atoms with Gasteiger partial charge < -0.3 is 14.8 Å². The molecule has 0 atom stereocenters. The molecule has 154 valence electrons. The van der Waals surface area contributed by atoms with Crippen LogP contribution >= 0.6 is 24.0 Å². The molecule has 30 heavy (non-hydrogen) atoms. The third kappa shape index (κ3) is 4.66. The van der Waals surface area contributed by atoms with E-state index >= 15 is 0 Å². The Morgan fingerprint density at radius 1 is 1.20 bits per heavy atom. The first-order valence-corrected chi connectivity index (χ1v) is 10.7. The summed E-state index contributed by atoms with van der Waals surface area (Å²) in [4.78, 5) is 27.1. The second kappa shape index (κ2) is 8.89. The van der Waals surface area contributed by atoms with Crippen molar-refractivity contribution in [3.8, 4) is 11.5 Å². The molecule has 0 bridgehead atoms. The number of carbonyl (C=O) groups is 2. The number of fused-ring (bicyclic) bond motifs is 1. The third-order valence-corrected chi connectivity index (χ3v) is 6.07. The number of thiocarbonyl (C=S) groups is 1. The molecule has 2 aromatic carbocycles. The zero-order valence-electron chi connectivity index (χ0n) is 16.3. The van der Waals surface area contributed by atoms with Gasteiger partial charge in [0, 0.05) is 24.7 Å². The van der Waals surface area contributed by atoms with E-state index in [4.69, 9.17) is 21.7 Å². The molecular formula is C22H20N2O4S2. The van der Waals surface area contributed by atoms with Crippen molar-refractivity contribution in [2.75, 3.05) is 18.7 Å². The summed E-state index contributed by atoms with van der Waals surface area (Å²) in [6, 6.07) is 13.2. The topological polar surface area (TPSA) is 67.9 Å². The number of rotatable bonds is 6. The minimum atomic E-state index is -0.130. The molecule has 2 aliphatic rings. The van der Waals surface area contributed by atoms with Crippen LogP contribution in [0.3, 0.4) is 0 Å². The number of anilines is 1. The molecule has 2 aromatic rings. The number of nitrogens with one attached hydrogen (secondary N) is 1. The van der Waals surface area contributed by atoms with Gasteiger partial charge in [-0.2, -0.15) is 0 Å². The molecule has 0 aliphatic carbocycles. The summed E-state index contributed by atoms with van der Waals surface area (Å²) in [6.07, 6.45) is 2.65. The van der Waals surface area contributed by atoms with Crippen molar-refractivity contribution in [1.29, 1.82) is 0 Å². The number of hydrogen-bond acceptors (Lipinski definition) is 6. The van der Waals surface area contributed by atoms with Gasteiger partial charge in [0.2, 0.25) is 12.7 Å². The molecule has 4 rings (SSSR count). The van der Waals surface area contributed by atoms with Crippen LogP contribution in [0.1, 0.15) is 24.0 Å². The van der Waals surface area contributed by atoms with Gasteiger partial charge in [-0.1, -0.05) is 53.8 Å². The molecule has 0 aromatic heterocycles. The van der Waals surface area contributed by atoms with Gasteiger partial charge in [-0.25, -0.2) is 0 Å². The quantitative estimate of drug-likeness (QED) is 0.532. The molecule has 0 spiro atoms. The number of benzene rings is 2. The first-order chi connectivity index (χ1) is 14.5. The molecule has 2 aliphatic heterocycles. The highest BCUT2D eigenvalue weighted by Crippen LogP contribution is 2.34. The first kappa shape index (κ1) is 20.4. The maximum Gasteiger partial charge on any atom is 0.266 e. The second-order valence-corrected chi connectivity index (χ2v) is 8.64. The number of nitrogens with zero attached hydrogens (tertiary/aromatic N) is 1. The molecule has 2 amide bonds. The van der Waals surface area contributed by atoms with Crippen LogP contribution in [0.2, 0.25) is 0 Å². The van der Waals surface area contributed by atoms with Crippen LogP contribution in [-0.2, 0) is 9.59 Å². The zero-order chi connectivity index (χ0) is 21.1. The lowest BCUT2D eigenvalue weighted by molar-refractivity contribution is -0.122. The van der Waals surface area contributed by atoms with E-state index in [-0.39, 0.29) is 25.0 Å². The Balaban J connectivity index is 1.29. The molecule has 6 nitrogen and oxygen atoms in total. The number of thioether (sulfide) groups is 1. The van der Waals surface area contributed by atoms with E-state index in [0.717, 1.165) is 5.56 Å². The Morgan fingerprint density at radius 3 is 2.77 bits per heavy atom. The number of hydrogen-bond donors (Lipinski definition) is 1. The molecule has 1 fully saturated rings. The summed E-state index contributed by atoms with van der Waals surface area (Å²) >= 11 is 6.66. The largest absolute Gasteiger partial charge is 0.454 e. The van der Waals surface area contributed by atoms with Crippen LogP contribution in [0.15, 0.2) is 47.4 Å². The van der Waals surface area contributed by atoms with Crippen molar-refractivity contribution in [3.63, 3.8) is 0 Å². The van der Waals surface area contributed by atoms with Gasteiger partial charge in [0.05, 0.1) is 4.91 Å². The Hall–Kier alpha value is -2.84. The molecule has 1 N–H and O–H groups in total. The lowest BCUT2D eigenvalue weighted by atomic mass is 10.1. The average Bonchev–Trinajstić information content (AvgIpc) is 3.29. The van der Waals surface area contributed by atoms with E-state index in [2.05, 4.69) is 5.32 Å². The van der Waals surface area contributed by atoms with Gasteiger partial charge in [-0.3, -0.25) is 14.5 Å². The Labute approximate surface area is 184 Å². The predicted octanol–water partition coefficient (Wildman–Crippen LogP) is 4.34. The van der Waals surface area contributed by atoms with Crippen LogP contribution in [0.4, 0.5) is 5.69 Å². The van der Waals surface area contributed by atoms with Gasteiger partial charge in [0.15, 0.2) is 11.5 Å². The van der Waals surface area contributed by atoms with E-state index in [1.165, 1.54) is 17.3 Å². The fourth-order valence-electron chi connectivity index (χ4n) is 3.10. The van der Waals surface area contributed by atoms with E-state index in [1.54, 1.807) is 23.1 Å². The number of carbonyl (C=O) groups excluding carboxylic acids is 2. The van der Waals surface area contributed by atoms with Crippen molar-refractivity contribution in [2.24, 2.45) is 0 Å². The zero-order valence-corrected chi connectivity index (χ0v) is 18.0. The second-order valence-electron chi connectivity index (χ2n) is 6.96. The van der Waals surface area contributed by atoms with Crippen molar-refractivity contribution in [2.45, 2.75) is 19.8 Å². The van der Waals surface area contributed by atoms with Crippen molar-refractivity contribution in [3.05, 3.63) is 58.5 Å². The number of amides is 2. The number of aryl methyl sites for hydroxylation is 1. The highest BCUT2D eigenvalue weighted by molar-refractivity contribution is 8.26. The van der Waals surface area contributed by atoms with Crippen LogP contribution < -0.4 is 14.8 Å². The Bertz CT molecular complexity index is 1030. The monoisotopic (exact) mass is 440 g/mol. The average molecular weight is 441 g/mol. The Kier molecular flexibility index (Phi) is 6.06. The summed E-state index contributed by atoms with van der Waals surface area (Å²) in [5, 5.41) is 2.84. The standard InChI is InChI=1S/C22H20N2O4S2/c1-14-4-6-15(7-5-14)11-19-21(26)24(22(29)30-19)10-2-3-20(25)23-16-8-9-17-18(12-16)28-13-27-17/h4-9,11-12H,2-3,10,13H2,1H3,(H,23,25)/b19-11+. The molecule has 2 heterocycles. The van der Waals surface area contributed by atoms with Crippen molar-refractivity contribution < 1.29 is 19.1 Å². The first-order valence-electron chi connectivity index (χ1n) is 9.51. The van der Waals surface area contributed by atoms with E-state index in [9.17, 15) is 9.59 Å². The van der Waals surface area contributed by atoms with Gasteiger partial charge in [0.25, 0.3) is 5.91 Å². The molecule has 1 saturated heterocycles. The maximum absolute atomic E-state index is 12.7. The highest BCUT2D eigenvalue weighted by Gasteiger charge is 2.31. The third-order valence-electron chi connectivity index (χ3n) is 4.69. The fraction of sp³-hybridized carbons (Fsp3) is 0.227. The van der Waals surface area contributed by atoms with Gasteiger partial charge >= 0.3 is 0 Å². The molecule has 8 heteroatoms. The molecule has 0 radical (unpaired) electrons. The van der Waals surface area contributed by atoms with Crippen LogP contribution in [0.25, 0.3) is 6.08 Å². The summed E-state index contributed by atoms with van der Waals surface area (Å²) in [7, 11) is 0. The minimum Gasteiger partial charge on any atom is -0.454 e. The van der Waals surface area contributed by atoms with E-state index < -0.39 is 0 Å². The molecule has 0 saturated carbocycles. The maximum atomic E-state index is 12.7. The van der Waals surface area contributed by atoms with Crippen molar-refractivity contribution in [1.82, 2.24) is 4.90 Å². The predicted molar refractivity (Wildman–Crippen MR) is 121 cm³/mol. The normalized spacial score (nSPS) is 16.4. The van der Waals surface area contributed by atoms with Gasteiger partial charge in [0.1, 0.15) is 4.32 Å². The summed E-state index contributed by atoms with van der Waals surface area (Å²) in [6.45, 7) is 2.62. The van der Waals surface area contributed by atoms with E-state index in [1.807, 2.05) is 37.3 Å². The van der Waals surface area contributed by atoms with Crippen LogP contribution in [0, 0.1) is 6.92 Å². The SMILES string of the molecule is Cc1ccc(/C=C2/SC(=S)N(CCCC(=O)Nc3ccc4c(c3)OCO4)C2=O)cc1. The Morgan fingerprint density at radius 2 is 1.97 bits per heavy atom. The molecular weight excluding hydrogens is 420 g/mol. The lowest BCUT2D eigenvalue weighted by Crippen LogP contribution is -2.29. The lowest BCUT2D eigenvalue weighted by Gasteiger charge is -2.14. The smallest absolute Gasteiger partial charge is 0.266 e. The highest BCUT2D eigenvalue weighted by atomic mass is 32.2. The summed E-state index contributed by atoms with van der Waals surface area (Å²) < 4.78 is 11.1. The van der Waals surface area contributed by atoms with Gasteiger partial charge in [-0.15, -0.1) is 0 Å². The molecule has 0 unspecified atom stereocenters. The van der Waals surface area contributed by atoms with Gasteiger partial charge in [-0.05, 0) is 37.1 Å². The number of ether oxygens (including phenoxy) is 2. The van der Waals surface area contributed by atoms with Crippen LogP contribution in [0.5, 0.6) is 11.5 Å².